The van der Waals surface area contributed by atoms with Crippen LogP contribution in [-0.4, -0.2) is 50.5 Å². The van der Waals surface area contributed by atoms with Gasteiger partial charge in [0.2, 0.25) is 11.8 Å². The van der Waals surface area contributed by atoms with Crippen LogP contribution in [0.2, 0.25) is 0 Å². The van der Waals surface area contributed by atoms with Gasteiger partial charge in [0.25, 0.3) is 5.56 Å². The number of rotatable bonds is 11. The Labute approximate surface area is 224 Å². The average molecular weight is 572 g/mol. The summed E-state index contributed by atoms with van der Waals surface area (Å²) in [6, 6.07) is 4.26. The molecule has 0 atom stereocenters. The maximum atomic E-state index is 14.4. The lowest BCUT2D eigenvalue weighted by molar-refractivity contribution is -0.134. The van der Waals surface area contributed by atoms with Crippen LogP contribution in [-0.2, 0) is 22.6 Å². The molecule has 0 aliphatic heterocycles. The van der Waals surface area contributed by atoms with Crippen molar-refractivity contribution in [3.63, 3.8) is 0 Å². The van der Waals surface area contributed by atoms with Crippen LogP contribution in [0.3, 0.4) is 0 Å². The summed E-state index contributed by atoms with van der Waals surface area (Å²) in [7, 11) is 3.24. The predicted octanol–water partition coefficient (Wildman–Crippen LogP) is 5.01. The maximum Gasteiger partial charge on any atom is 0.389 e. The Morgan fingerprint density at radius 2 is 2.00 bits per heavy atom. The summed E-state index contributed by atoms with van der Waals surface area (Å²) in [4.78, 5) is 42.1. The first kappa shape index (κ1) is 29.9. The molecule has 0 aliphatic carbocycles. The number of nitrogens with zero attached hydrogens (tertiary/aromatic N) is 4. The molecule has 39 heavy (non-hydrogen) atoms. The van der Waals surface area contributed by atoms with Crippen molar-refractivity contribution >= 4 is 40.9 Å². The zero-order chi connectivity index (χ0) is 28.7. The van der Waals surface area contributed by atoms with Gasteiger partial charge in [0.1, 0.15) is 11.5 Å². The van der Waals surface area contributed by atoms with Crippen molar-refractivity contribution in [3.05, 3.63) is 70.2 Å². The number of pyridine rings is 2. The van der Waals surface area contributed by atoms with Gasteiger partial charge in [-0.3, -0.25) is 23.3 Å². The van der Waals surface area contributed by atoms with E-state index in [9.17, 15) is 35.8 Å². The molecule has 3 aromatic rings. The van der Waals surface area contributed by atoms with Gasteiger partial charge in [-0.05, 0) is 43.5 Å². The fraction of sp³-hybridized carbons (Fsp3) is 0.360. The SMILES string of the molecule is CN(C)C(=O)/C=C/CCCC(=O)Nc1cccn(Cc2cc3ncc(F)c(CCC(F)(F)F)c3n2SF)c1=O. The topological polar surface area (TPSA) is 89.2 Å². The lowest BCUT2D eigenvalue weighted by Crippen LogP contribution is -2.26. The van der Waals surface area contributed by atoms with Gasteiger partial charge < -0.3 is 14.8 Å². The summed E-state index contributed by atoms with van der Waals surface area (Å²) in [5.74, 6) is -1.58. The molecule has 0 spiro atoms. The number of likely N-dealkylation sites (N-methyl/N-ethyl adjacent to an activating group) is 1. The van der Waals surface area contributed by atoms with Crippen molar-refractivity contribution in [2.45, 2.75) is 44.8 Å². The second kappa shape index (κ2) is 12.9. The summed E-state index contributed by atoms with van der Waals surface area (Å²) in [5.41, 5.74) is -0.865. The first-order chi connectivity index (χ1) is 18.4. The fourth-order valence-corrected chi connectivity index (χ4v) is 4.25. The average Bonchev–Trinajstić information content (AvgIpc) is 3.22. The highest BCUT2D eigenvalue weighted by atomic mass is 32.2. The molecule has 8 nitrogen and oxygen atoms in total. The molecule has 2 amide bonds. The summed E-state index contributed by atoms with van der Waals surface area (Å²) in [5, 5.41) is 2.53. The Hall–Kier alpha value is -3.68. The summed E-state index contributed by atoms with van der Waals surface area (Å²) in [6.07, 6.45) is -0.279. The molecule has 3 aromatic heterocycles. The lowest BCUT2D eigenvalue weighted by atomic mass is 10.1. The first-order valence-electron chi connectivity index (χ1n) is 11.8. The minimum atomic E-state index is -4.54. The largest absolute Gasteiger partial charge is 0.389 e. The predicted molar refractivity (Wildman–Crippen MR) is 138 cm³/mol. The van der Waals surface area contributed by atoms with Crippen molar-refractivity contribution in [2.24, 2.45) is 0 Å². The minimum Gasteiger partial charge on any atom is -0.345 e. The molecular formula is C25H26F5N5O3S. The maximum absolute atomic E-state index is 14.4. The molecular weight excluding hydrogens is 545 g/mol. The Morgan fingerprint density at radius 1 is 1.26 bits per heavy atom. The van der Waals surface area contributed by atoms with Crippen LogP contribution in [0.15, 0.2) is 47.5 Å². The monoisotopic (exact) mass is 571 g/mol. The number of halogens is 5. The molecule has 0 bridgehead atoms. The standard InChI is InChI=1S/C25H26F5N5O3S/c1-33(2)22(37)9-5-3-4-8-21(36)32-19-7-6-12-34(24(19)38)15-16-13-20-23(35(16)39-30)17(18(26)14-31-20)10-11-25(27,28)29/h5-7,9,12-14H,3-4,8,10-11,15H2,1-2H3,(H,32,36)/b9-5+. The van der Waals surface area contributed by atoms with E-state index in [1.807, 2.05) is 0 Å². The van der Waals surface area contributed by atoms with Gasteiger partial charge in [-0.2, -0.15) is 13.2 Å². The van der Waals surface area contributed by atoms with Gasteiger partial charge in [0, 0.05) is 38.7 Å². The van der Waals surface area contributed by atoms with E-state index in [0.29, 0.717) is 12.8 Å². The third-order valence-corrected chi connectivity index (χ3v) is 6.29. The molecule has 0 aromatic carbocycles. The van der Waals surface area contributed by atoms with Crippen molar-refractivity contribution in [3.8, 4) is 0 Å². The molecule has 14 heteroatoms. The molecule has 0 unspecified atom stereocenters. The number of amides is 2. The number of alkyl halides is 3. The number of aromatic nitrogens is 3. The van der Waals surface area contributed by atoms with Gasteiger partial charge in [0.05, 0.1) is 29.5 Å². The third kappa shape index (κ3) is 7.91. The number of nitrogens with one attached hydrogen (secondary N) is 1. The van der Waals surface area contributed by atoms with E-state index in [2.05, 4.69) is 10.3 Å². The van der Waals surface area contributed by atoms with E-state index in [4.69, 9.17) is 0 Å². The van der Waals surface area contributed by atoms with Crippen LogP contribution in [0.5, 0.6) is 0 Å². The van der Waals surface area contributed by atoms with Crippen LogP contribution >= 0.6 is 12.3 Å². The van der Waals surface area contributed by atoms with Gasteiger partial charge >= 0.3 is 6.18 Å². The fourth-order valence-electron chi connectivity index (χ4n) is 3.78. The van der Waals surface area contributed by atoms with Crippen LogP contribution in [0.25, 0.3) is 11.0 Å². The number of unbranched alkanes of at least 4 members (excludes halogenated alkanes) is 1. The molecule has 0 saturated carbocycles. The summed E-state index contributed by atoms with van der Waals surface area (Å²) >= 11 is -0.342. The third-order valence-electron chi connectivity index (χ3n) is 5.73. The quantitative estimate of drug-likeness (QED) is 0.199. The Balaban J connectivity index is 1.76. The van der Waals surface area contributed by atoms with Gasteiger partial charge in [-0.25, -0.2) is 4.39 Å². The number of carbonyl (C=O) groups is 2. The molecule has 3 heterocycles. The number of hydrogen-bond donors (Lipinski definition) is 1. The van der Waals surface area contributed by atoms with Crippen LogP contribution in [0, 0.1) is 5.82 Å². The highest BCUT2D eigenvalue weighted by Crippen LogP contribution is 2.32. The summed E-state index contributed by atoms with van der Waals surface area (Å²) < 4.78 is 68.8. The second-order valence-electron chi connectivity index (χ2n) is 8.86. The molecule has 0 fully saturated rings. The van der Waals surface area contributed by atoms with Gasteiger partial charge in [-0.1, -0.05) is 6.08 Å². The van der Waals surface area contributed by atoms with Crippen LogP contribution in [0.4, 0.5) is 27.1 Å². The van der Waals surface area contributed by atoms with E-state index in [1.165, 1.54) is 39.9 Å². The molecule has 3 rings (SSSR count). The van der Waals surface area contributed by atoms with Crippen molar-refractivity contribution in [1.29, 1.82) is 0 Å². The van der Waals surface area contributed by atoms with E-state index >= 15 is 0 Å². The highest BCUT2D eigenvalue weighted by molar-refractivity contribution is 7.93. The Bertz CT molecular complexity index is 1430. The van der Waals surface area contributed by atoms with Crippen molar-refractivity contribution in [1.82, 2.24) is 18.4 Å². The number of carbonyl (C=O) groups excluding carboxylic acids is 2. The number of hydrogen-bond acceptors (Lipinski definition) is 5. The Kier molecular flexibility index (Phi) is 9.89. The Morgan fingerprint density at radius 3 is 2.67 bits per heavy atom. The smallest absolute Gasteiger partial charge is 0.345 e. The van der Waals surface area contributed by atoms with Crippen molar-refractivity contribution < 1.29 is 31.0 Å². The number of aryl methyl sites for hydroxylation is 1. The second-order valence-corrected chi connectivity index (χ2v) is 9.37. The number of fused-ring (bicyclic) bond motifs is 1. The molecule has 210 valence electrons. The van der Waals surface area contributed by atoms with Crippen LogP contribution < -0.4 is 10.9 Å². The highest BCUT2D eigenvalue weighted by Gasteiger charge is 2.29. The number of anilines is 1. The molecule has 1 N–H and O–H groups in total. The van der Waals surface area contributed by atoms with Crippen LogP contribution in [0.1, 0.15) is 36.9 Å². The zero-order valence-corrected chi connectivity index (χ0v) is 21.9. The normalized spacial score (nSPS) is 11.9. The summed E-state index contributed by atoms with van der Waals surface area (Å²) in [6.45, 7) is -0.221. The van der Waals surface area contributed by atoms with E-state index < -0.39 is 36.3 Å². The van der Waals surface area contributed by atoms with Gasteiger partial charge in [0.15, 0.2) is 12.3 Å². The first-order valence-corrected chi connectivity index (χ1v) is 12.5. The molecule has 0 saturated heterocycles. The van der Waals surface area contributed by atoms with E-state index in [1.54, 1.807) is 20.2 Å². The number of allylic oxidation sites excluding steroid dienone is 1. The molecule has 0 radical (unpaired) electrons. The lowest BCUT2D eigenvalue weighted by Gasteiger charge is -2.12. The molecule has 0 aliphatic rings. The van der Waals surface area contributed by atoms with Crippen molar-refractivity contribution in [2.75, 3.05) is 19.4 Å². The minimum absolute atomic E-state index is 0.0218. The zero-order valence-electron chi connectivity index (χ0n) is 21.1. The van der Waals surface area contributed by atoms with E-state index in [0.717, 1.165) is 10.2 Å². The van der Waals surface area contributed by atoms with Gasteiger partial charge in [-0.15, -0.1) is 3.89 Å². The van der Waals surface area contributed by atoms with E-state index in [-0.39, 0.29) is 59.2 Å².